The first-order valence-electron chi connectivity index (χ1n) is 8.06. The normalized spacial score (nSPS) is 18.9. The number of rotatable bonds is 4. The van der Waals surface area contributed by atoms with Crippen LogP contribution in [0.3, 0.4) is 0 Å². The summed E-state index contributed by atoms with van der Waals surface area (Å²) in [5.74, 6) is 1.10. The van der Waals surface area contributed by atoms with Gasteiger partial charge in [0.15, 0.2) is 0 Å². The molecule has 1 aliphatic heterocycles. The highest BCUT2D eigenvalue weighted by Gasteiger charge is 2.35. The van der Waals surface area contributed by atoms with Crippen LogP contribution in [-0.4, -0.2) is 49.5 Å². The second-order valence-electron chi connectivity index (χ2n) is 6.59. The third kappa shape index (κ3) is 2.93. The topological polar surface area (TPSA) is 58.4 Å². The SMILES string of the molecule is Cc1ccc(S(=O)(=O)N2CCC(c3nccn3C)C2)cc1N(C)C. The van der Waals surface area contributed by atoms with Crippen LogP contribution in [0.4, 0.5) is 5.69 Å². The minimum absolute atomic E-state index is 0.151. The van der Waals surface area contributed by atoms with Crippen LogP contribution in [0, 0.1) is 6.92 Å². The monoisotopic (exact) mass is 348 g/mol. The van der Waals surface area contributed by atoms with Gasteiger partial charge in [-0.15, -0.1) is 0 Å². The smallest absolute Gasteiger partial charge is 0.243 e. The molecule has 6 nitrogen and oxygen atoms in total. The van der Waals surface area contributed by atoms with Crippen molar-refractivity contribution < 1.29 is 8.42 Å². The lowest BCUT2D eigenvalue weighted by Gasteiger charge is -2.20. The standard InChI is InChI=1S/C17H24N4O2S/c1-13-5-6-15(11-16(13)19(2)3)24(22,23)21-9-7-14(12-21)17-18-8-10-20(17)4/h5-6,8,10-11,14H,7,9,12H2,1-4H3. The van der Waals surface area contributed by atoms with Crippen LogP contribution in [0.5, 0.6) is 0 Å². The molecule has 0 spiro atoms. The zero-order chi connectivity index (χ0) is 17.5. The third-order valence-corrected chi connectivity index (χ3v) is 6.54. The van der Waals surface area contributed by atoms with E-state index in [9.17, 15) is 8.42 Å². The number of sulfonamides is 1. The second-order valence-corrected chi connectivity index (χ2v) is 8.53. The van der Waals surface area contributed by atoms with Crippen molar-refractivity contribution in [2.24, 2.45) is 7.05 Å². The quantitative estimate of drug-likeness (QED) is 0.848. The molecular formula is C17H24N4O2S. The lowest BCUT2D eigenvalue weighted by atomic mass is 10.1. The fourth-order valence-electron chi connectivity index (χ4n) is 3.31. The van der Waals surface area contributed by atoms with Gasteiger partial charge in [-0.05, 0) is 31.0 Å². The van der Waals surface area contributed by atoms with Crippen LogP contribution < -0.4 is 4.90 Å². The minimum Gasteiger partial charge on any atom is -0.377 e. The number of aromatic nitrogens is 2. The molecule has 0 saturated carbocycles. The molecule has 0 amide bonds. The molecule has 1 fully saturated rings. The Morgan fingerprint density at radius 2 is 2.04 bits per heavy atom. The molecular weight excluding hydrogens is 324 g/mol. The van der Waals surface area contributed by atoms with Crippen molar-refractivity contribution in [2.45, 2.75) is 24.2 Å². The van der Waals surface area contributed by atoms with Crippen LogP contribution in [0.1, 0.15) is 23.7 Å². The first-order valence-corrected chi connectivity index (χ1v) is 9.50. The largest absolute Gasteiger partial charge is 0.377 e. The Morgan fingerprint density at radius 3 is 2.67 bits per heavy atom. The predicted octanol–water partition coefficient (Wildman–Crippen LogP) is 1.97. The molecule has 0 aliphatic carbocycles. The van der Waals surface area contributed by atoms with Gasteiger partial charge in [-0.3, -0.25) is 0 Å². The number of benzene rings is 1. The van der Waals surface area contributed by atoms with Crippen LogP contribution in [0.25, 0.3) is 0 Å². The average Bonchev–Trinajstić information content (AvgIpc) is 3.15. The first kappa shape index (κ1) is 17.0. The van der Waals surface area contributed by atoms with E-state index < -0.39 is 10.0 Å². The minimum atomic E-state index is -3.48. The maximum absolute atomic E-state index is 13.0. The van der Waals surface area contributed by atoms with Crippen molar-refractivity contribution in [1.82, 2.24) is 13.9 Å². The Bertz CT molecular complexity index is 842. The molecule has 3 rings (SSSR count). The van der Waals surface area contributed by atoms with E-state index in [-0.39, 0.29) is 5.92 Å². The van der Waals surface area contributed by atoms with E-state index in [4.69, 9.17) is 0 Å². The zero-order valence-electron chi connectivity index (χ0n) is 14.6. The average molecular weight is 348 g/mol. The predicted molar refractivity (Wildman–Crippen MR) is 94.8 cm³/mol. The third-order valence-electron chi connectivity index (χ3n) is 4.67. The Kier molecular flexibility index (Phi) is 4.40. The second kappa shape index (κ2) is 6.22. The summed E-state index contributed by atoms with van der Waals surface area (Å²) >= 11 is 0. The molecule has 2 heterocycles. The zero-order valence-corrected chi connectivity index (χ0v) is 15.4. The van der Waals surface area contributed by atoms with Crippen molar-refractivity contribution in [3.8, 4) is 0 Å². The highest BCUT2D eigenvalue weighted by molar-refractivity contribution is 7.89. The fraction of sp³-hybridized carbons (Fsp3) is 0.471. The number of aryl methyl sites for hydroxylation is 2. The molecule has 1 atom stereocenters. The Balaban J connectivity index is 1.87. The molecule has 130 valence electrons. The maximum atomic E-state index is 13.0. The van der Waals surface area contributed by atoms with Gasteiger partial charge >= 0.3 is 0 Å². The summed E-state index contributed by atoms with van der Waals surface area (Å²) in [6, 6.07) is 5.33. The first-order chi connectivity index (χ1) is 11.3. The molecule has 1 saturated heterocycles. The van der Waals surface area contributed by atoms with E-state index in [0.29, 0.717) is 18.0 Å². The molecule has 0 bridgehead atoms. The van der Waals surface area contributed by atoms with Gasteiger partial charge in [0.1, 0.15) is 5.82 Å². The highest BCUT2D eigenvalue weighted by Crippen LogP contribution is 2.31. The van der Waals surface area contributed by atoms with Crippen molar-refractivity contribution in [1.29, 1.82) is 0 Å². The van der Waals surface area contributed by atoms with Crippen molar-refractivity contribution >= 4 is 15.7 Å². The van der Waals surface area contributed by atoms with Crippen LogP contribution in [0.15, 0.2) is 35.5 Å². The van der Waals surface area contributed by atoms with Gasteiger partial charge in [0.25, 0.3) is 0 Å². The summed E-state index contributed by atoms with van der Waals surface area (Å²) in [6.45, 7) is 3.00. The summed E-state index contributed by atoms with van der Waals surface area (Å²) in [6.07, 6.45) is 4.46. The molecule has 1 unspecified atom stereocenters. The lowest BCUT2D eigenvalue weighted by molar-refractivity contribution is 0.470. The van der Waals surface area contributed by atoms with Crippen LogP contribution >= 0.6 is 0 Å². The summed E-state index contributed by atoms with van der Waals surface area (Å²) in [7, 11) is 2.31. The van der Waals surface area contributed by atoms with Crippen molar-refractivity contribution in [3.63, 3.8) is 0 Å². The van der Waals surface area contributed by atoms with E-state index in [2.05, 4.69) is 4.98 Å². The Labute approximate surface area is 143 Å². The Morgan fingerprint density at radius 1 is 1.29 bits per heavy atom. The molecule has 7 heteroatoms. The van der Waals surface area contributed by atoms with E-state index in [1.165, 1.54) is 0 Å². The van der Waals surface area contributed by atoms with Gasteiger partial charge in [-0.25, -0.2) is 13.4 Å². The molecule has 1 aromatic carbocycles. The van der Waals surface area contributed by atoms with Gasteiger partial charge in [0.2, 0.25) is 10.0 Å². The summed E-state index contributed by atoms with van der Waals surface area (Å²) in [4.78, 5) is 6.67. The van der Waals surface area contributed by atoms with Crippen LogP contribution in [-0.2, 0) is 17.1 Å². The summed E-state index contributed by atoms with van der Waals surface area (Å²) < 4.78 is 29.6. The summed E-state index contributed by atoms with van der Waals surface area (Å²) in [5.41, 5.74) is 1.99. The Hall–Kier alpha value is -1.86. The molecule has 2 aromatic rings. The highest BCUT2D eigenvalue weighted by atomic mass is 32.2. The van der Waals surface area contributed by atoms with Gasteiger partial charge in [-0.2, -0.15) is 4.31 Å². The van der Waals surface area contributed by atoms with Crippen LogP contribution in [0.2, 0.25) is 0 Å². The van der Waals surface area contributed by atoms with E-state index >= 15 is 0 Å². The van der Waals surface area contributed by atoms with Crippen molar-refractivity contribution in [3.05, 3.63) is 42.0 Å². The number of nitrogens with zero attached hydrogens (tertiary/aromatic N) is 4. The molecule has 0 radical (unpaired) electrons. The molecule has 24 heavy (non-hydrogen) atoms. The van der Waals surface area contributed by atoms with E-state index in [1.54, 1.807) is 22.6 Å². The summed E-state index contributed by atoms with van der Waals surface area (Å²) in [5, 5.41) is 0. The number of hydrogen-bond acceptors (Lipinski definition) is 4. The molecule has 1 aromatic heterocycles. The van der Waals surface area contributed by atoms with Gasteiger partial charge in [0, 0.05) is 58.2 Å². The van der Waals surface area contributed by atoms with Crippen molar-refractivity contribution in [2.75, 3.05) is 32.1 Å². The van der Waals surface area contributed by atoms with E-state index in [0.717, 1.165) is 23.5 Å². The lowest BCUT2D eigenvalue weighted by Crippen LogP contribution is -2.29. The van der Waals surface area contributed by atoms with Gasteiger partial charge in [-0.1, -0.05) is 6.07 Å². The number of anilines is 1. The number of hydrogen-bond donors (Lipinski definition) is 0. The molecule has 0 N–H and O–H groups in total. The fourth-order valence-corrected chi connectivity index (χ4v) is 4.83. The number of imidazole rings is 1. The van der Waals surface area contributed by atoms with E-state index in [1.807, 2.05) is 49.8 Å². The van der Waals surface area contributed by atoms with Gasteiger partial charge < -0.3 is 9.47 Å². The molecule has 1 aliphatic rings. The van der Waals surface area contributed by atoms with Gasteiger partial charge in [0.05, 0.1) is 4.90 Å². The maximum Gasteiger partial charge on any atom is 0.243 e.